The van der Waals surface area contributed by atoms with Crippen LogP contribution >= 0.6 is 11.3 Å². The molecule has 0 radical (unpaired) electrons. The molecule has 0 aliphatic carbocycles. The highest BCUT2D eigenvalue weighted by Gasteiger charge is 2.12. The van der Waals surface area contributed by atoms with Crippen molar-refractivity contribution in [3.8, 4) is 11.3 Å². The number of nitrogens with one attached hydrogen (secondary N) is 1. The summed E-state index contributed by atoms with van der Waals surface area (Å²) < 4.78 is 0. The molecule has 2 heterocycles. The van der Waals surface area contributed by atoms with Gasteiger partial charge >= 0.3 is 0 Å². The van der Waals surface area contributed by atoms with Crippen molar-refractivity contribution in [1.82, 2.24) is 9.97 Å². The Morgan fingerprint density at radius 3 is 2.63 bits per heavy atom. The van der Waals surface area contributed by atoms with Crippen molar-refractivity contribution in [3.05, 3.63) is 76.3 Å². The number of nitrogens with zero attached hydrogens (tertiary/aromatic N) is 2. The molecule has 134 valence electrons. The fraction of sp³-hybridized carbons (Fsp3) is 0.136. The number of amides is 1. The quantitative estimate of drug-likeness (QED) is 0.513. The van der Waals surface area contributed by atoms with Crippen LogP contribution in [-0.2, 0) is 0 Å². The Hall–Kier alpha value is -3.05. The van der Waals surface area contributed by atoms with E-state index in [1.54, 1.807) is 0 Å². The highest BCUT2D eigenvalue weighted by Crippen LogP contribution is 2.28. The van der Waals surface area contributed by atoms with Crippen LogP contribution in [0.2, 0.25) is 0 Å². The van der Waals surface area contributed by atoms with Crippen molar-refractivity contribution in [3.63, 3.8) is 0 Å². The van der Waals surface area contributed by atoms with Crippen LogP contribution in [0.25, 0.3) is 22.2 Å². The number of carbonyl (C=O) groups is 1. The first-order valence-corrected chi connectivity index (χ1v) is 9.59. The summed E-state index contributed by atoms with van der Waals surface area (Å²) in [4.78, 5) is 21.7. The van der Waals surface area contributed by atoms with Gasteiger partial charge < -0.3 is 0 Å². The highest BCUT2D eigenvalue weighted by atomic mass is 32.1. The standard InChI is InChI=1S/C22H19N3OS/c1-13-4-5-14(2)18(10-13)20-12-27-22(24-20)25-21(26)17-9-8-16-7-6-15(3)23-19(16)11-17/h4-12H,1-3H3,(H,24,25,26). The Morgan fingerprint density at radius 2 is 1.78 bits per heavy atom. The number of aromatic nitrogens is 2. The SMILES string of the molecule is Cc1ccc(C)c(-c2csc(NC(=O)c3ccc4ccc(C)nc4c3)n2)c1. The van der Waals surface area contributed by atoms with E-state index in [2.05, 4.69) is 47.3 Å². The molecule has 2 aromatic carbocycles. The molecule has 27 heavy (non-hydrogen) atoms. The molecule has 4 nitrogen and oxygen atoms in total. The summed E-state index contributed by atoms with van der Waals surface area (Å²) in [5, 5.41) is 6.49. The van der Waals surface area contributed by atoms with Gasteiger partial charge in [-0.25, -0.2) is 4.98 Å². The molecule has 1 N–H and O–H groups in total. The smallest absolute Gasteiger partial charge is 0.257 e. The number of thiazole rings is 1. The predicted octanol–water partition coefficient (Wildman–Crippen LogP) is 5.54. The highest BCUT2D eigenvalue weighted by molar-refractivity contribution is 7.14. The van der Waals surface area contributed by atoms with E-state index in [4.69, 9.17) is 0 Å². The van der Waals surface area contributed by atoms with Gasteiger partial charge in [0.25, 0.3) is 5.91 Å². The second-order valence-corrected chi connectivity index (χ2v) is 7.53. The van der Waals surface area contributed by atoms with Crippen LogP contribution in [0.4, 0.5) is 5.13 Å². The molecule has 0 aliphatic heterocycles. The van der Waals surface area contributed by atoms with Crippen molar-refractivity contribution >= 4 is 33.3 Å². The summed E-state index contributed by atoms with van der Waals surface area (Å²) in [5.41, 5.74) is 6.65. The summed E-state index contributed by atoms with van der Waals surface area (Å²) in [6, 6.07) is 15.8. The van der Waals surface area contributed by atoms with Crippen molar-refractivity contribution in [2.45, 2.75) is 20.8 Å². The van der Waals surface area contributed by atoms with E-state index in [0.29, 0.717) is 10.7 Å². The maximum absolute atomic E-state index is 12.6. The molecule has 0 spiro atoms. The number of fused-ring (bicyclic) bond motifs is 1. The number of aryl methyl sites for hydroxylation is 3. The summed E-state index contributed by atoms with van der Waals surface area (Å²) in [7, 11) is 0. The van der Waals surface area contributed by atoms with Crippen molar-refractivity contribution in [2.24, 2.45) is 0 Å². The number of pyridine rings is 1. The van der Waals surface area contributed by atoms with Crippen LogP contribution < -0.4 is 5.32 Å². The van der Waals surface area contributed by atoms with Gasteiger partial charge in [-0.05, 0) is 50.6 Å². The number of benzene rings is 2. The van der Waals surface area contributed by atoms with Crippen LogP contribution in [0.15, 0.2) is 53.9 Å². The summed E-state index contributed by atoms with van der Waals surface area (Å²) in [6.45, 7) is 6.07. The average molecular weight is 373 g/mol. The van der Waals surface area contributed by atoms with Gasteiger partial charge in [0.05, 0.1) is 11.2 Å². The molecule has 0 atom stereocenters. The molecule has 0 unspecified atom stereocenters. The molecule has 0 bridgehead atoms. The minimum atomic E-state index is -0.179. The van der Waals surface area contributed by atoms with Gasteiger partial charge in [-0.3, -0.25) is 15.1 Å². The lowest BCUT2D eigenvalue weighted by atomic mass is 10.0. The number of hydrogen-bond donors (Lipinski definition) is 1. The van der Waals surface area contributed by atoms with Crippen LogP contribution in [0, 0.1) is 20.8 Å². The van der Waals surface area contributed by atoms with Crippen LogP contribution in [0.1, 0.15) is 27.2 Å². The van der Waals surface area contributed by atoms with Crippen LogP contribution in [-0.4, -0.2) is 15.9 Å². The maximum atomic E-state index is 12.6. The molecule has 5 heteroatoms. The lowest BCUT2D eigenvalue weighted by Gasteiger charge is -2.05. The molecular formula is C22H19N3OS. The fourth-order valence-electron chi connectivity index (χ4n) is 3.00. The van der Waals surface area contributed by atoms with Gasteiger partial charge in [-0.2, -0.15) is 0 Å². The minimum absolute atomic E-state index is 0.179. The fourth-order valence-corrected chi connectivity index (χ4v) is 3.70. The number of anilines is 1. The molecule has 4 rings (SSSR count). The van der Waals surface area contributed by atoms with E-state index >= 15 is 0 Å². The third-order valence-corrected chi connectivity index (χ3v) is 5.24. The van der Waals surface area contributed by atoms with Gasteiger partial charge in [-0.15, -0.1) is 11.3 Å². The Balaban J connectivity index is 1.58. The second-order valence-electron chi connectivity index (χ2n) is 6.67. The lowest BCUT2D eigenvalue weighted by molar-refractivity contribution is 0.102. The van der Waals surface area contributed by atoms with Gasteiger partial charge in [0.2, 0.25) is 0 Å². The second kappa shape index (κ2) is 6.93. The van der Waals surface area contributed by atoms with Gasteiger partial charge in [0, 0.05) is 27.6 Å². The Morgan fingerprint density at radius 1 is 0.963 bits per heavy atom. The van der Waals surface area contributed by atoms with Gasteiger partial charge in [0.15, 0.2) is 5.13 Å². The average Bonchev–Trinajstić information content (AvgIpc) is 3.11. The number of hydrogen-bond acceptors (Lipinski definition) is 4. The topological polar surface area (TPSA) is 54.9 Å². The van der Waals surface area contributed by atoms with Crippen molar-refractivity contribution in [2.75, 3.05) is 5.32 Å². The molecular weight excluding hydrogens is 354 g/mol. The van der Waals surface area contributed by atoms with E-state index in [-0.39, 0.29) is 5.91 Å². The molecule has 4 aromatic rings. The van der Waals surface area contributed by atoms with Gasteiger partial charge in [-0.1, -0.05) is 29.8 Å². The molecule has 1 amide bonds. The first kappa shape index (κ1) is 17.4. The zero-order chi connectivity index (χ0) is 19.0. The Labute approximate surface area is 161 Å². The molecule has 0 saturated carbocycles. The Kier molecular flexibility index (Phi) is 4.46. The minimum Gasteiger partial charge on any atom is -0.298 e. The maximum Gasteiger partial charge on any atom is 0.257 e. The van der Waals surface area contributed by atoms with E-state index in [1.165, 1.54) is 22.5 Å². The van der Waals surface area contributed by atoms with Gasteiger partial charge in [0.1, 0.15) is 0 Å². The van der Waals surface area contributed by atoms with E-state index in [1.807, 2.05) is 42.6 Å². The van der Waals surface area contributed by atoms with E-state index in [0.717, 1.165) is 27.9 Å². The zero-order valence-corrected chi connectivity index (χ0v) is 16.2. The first-order chi connectivity index (χ1) is 13.0. The number of carbonyl (C=O) groups excluding carboxylic acids is 1. The molecule has 0 aliphatic rings. The molecule has 0 saturated heterocycles. The van der Waals surface area contributed by atoms with E-state index in [9.17, 15) is 4.79 Å². The number of rotatable bonds is 3. The largest absolute Gasteiger partial charge is 0.298 e. The summed E-state index contributed by atoms with van der Waals surface area (Å²) >= 11 is 1.43. The van der Waals surface area contributed by atoms with Crippen LogP contribution in [0.3, 0.4) is 0 Å². The third-order valence-electron chi connectivity index (χ3n) is 4.49. The van der Waals surface area contributed by atoms with Crippen LogP contribution in [0.5, 0.6) is 0 Å². The van der Waals surface area contributed by atoms with E-state index < -0.39 is 0 Å². The summed E-state index contributed by atoms with van der Waals surface area (Å²) in [5.74, 6) is -0.179. The normalized spacial score (nSPS) is 10.9. The summed E-state index contributed by atoms with van der Waals surface area (Å²) in [6.07, 6.45) is 0. The van der Waals surface area contributed by atoms with Crippen molar-refractivity contribution < 1.29 is 4.79 Å². The predicted molar refractivity (Wildman–Crippen MR) is 111 cm³/mol. The molecule has 0 fully saturated rings. The zero-order valence-electron chi connectivity index (χ0n) is 15.4. The first-order valence-electron chi connectivity index (χ1n) is 8.71. The lowest BCUT2D eigenvalue weighted by Crippen LogP contribution is -2.11. The third kappa shape index (κ3) is 3.59. The van der Waals surface area contributed by atoms with Crippen molar-refractivity contribution in [1.29, 1.82) is 0 Å². The molecule has 2 aromatic heterocycles. The Bertz CT molecular complexity index is 1160. The monoisotopic (exact) mass is 373 g/mol.